The first-order valence-corrected chi connectivity index (χ1v) is 6.77. The van der Waals surface area contributed by atoms with E-state index in [0.717, 1.165) is 30.9 Å². The van der Waals surface area contributed by atoms with E-state index in [2.05, 4.69) is 39.8 Å². The summed E-state index contributed by atoms with van der Waals surface area (Å²) in [4.78, 5) is 2.19. The van der Waals surface area contributed by atoms with Gasteiger partial charge in [-0.2, -0.15) is 0 Å². The summed E-state index contributed by atoms with van der Waals surface area (Å²) in [5, 5.41) is 0. The fraction of sp³-hybridized carbons (Fsp3) is 1.00. The van der Waals surface area contributed by atoms with E-state index in [4.69, 9.17) is 4.74 Å². The Morgan fingerprint density at radius 2 is 1.94 bits per heavy atom. The largest absolute Gasteiger partial charge is 0.377 e. The molecule has 1 rings (SSSR count). The molecule has 96 valence electrons. The monoisotopic (exact) mass is 227 g/mol. The summed E-state index contributed by atoms with van der Waals surface area (Å²) in [6.07, 6.45) is 4.50. The lowest BCUT2D eigenvalue weighted by molar-refractivity contribution is -0.0417. The SMILES string of the molecule is CC1CCC(C(C)C)C(OCCN(C)C)C1. The quantitative estimate of drug-likeness (QED) is 0.716. The minimum Gasteiger partial charge on any atom is -0.377 e. The third kappa shape index (κ3) is 4.42. The molecule has 0 spiro atoms. The zero-order valence-corrected chi connectivity index (χ0v) is 11.7. The lowest BCUT2D eigenvalue weighted by Gasteiger charge is -2.37. The average molecular weight is 227 g/mol. The van der Waals surface area contributed by atoms with Gasteiger partial charge in [0.2, 0.25) is 0 Å². The van der Waals surface area contributed by atoms with Crippen molar-refractivity contribution >= 4 is 0 Å². The topological polar surface area (TPSA) is 12.5 Å². The highest BCUT2D eigenvalue weighted by Gasteiger charge is 2.31. The van der Waals surface area contributed by atoms with Crippen LogP contribution in [0, 0.1) is 17.8 Å². The predicted molar refractivity (Wildman–Crippen MR) is 69.6 cm³/mol. The normalized spacial score (nSPS) is 31.3. The summed E-state index contributed by atoms with van der Waals surface area (Å²) in [5.74, 6) is 2.38. The Bertz CT molecular complexity index is 191. The molecular weight excluding hydrogens is 198 g/mol. The van der Waals surface area contributed by atoms with Crippen LogP contribution in [0.3, 0.4) is 0 Å². The van der Waals surface area contributed by atoms with E-state index in [0.29, 0.717) is 6.10 Å². The van der Waals surface area contributed by atoms with E-state index in [9.17, 15) is 0 Å². The van der Waals surface area contributed by atoms with E-state index >= 15 is 0 Å². The van der Waals surface area contributed by atoms with Crippen molar-refractivity contribution in [3.8, 4) is 0 Å². The first kappa shape index (κ1) is 14.0. The Morgan fingerprint density at radius 1 is 1.25 bits per heavy atom. The van der Waals surface area contributed by atoms with Crippen LogP contribution in [0.25, 0.3) is 0 Å². The van der Waals surface area contributed by atoms with Gasteiger partial charge in [-0.05, 0) is 44.7 Å². The Balaban J connectivity index is 2.38. The predicted octanol–water partition coefficient (Wildman–Crippen LogP) is 3.03. The zero-order valence-electron chi connectivity index (χ0n) is 11.7. The molecule has 16 heavy (non-hydrogen) atoms. The highest BCUT2D eigenvalue weighted by Crippen LogP contribution is 2.35. The van der Waals surface area contributed by atoms with Crippen molar-refractivity contribution in [2.24, 2.45) is 17.8 Å². The minimum atomic E-state index is 0.503. The van der Waals surface area contributed by atoms with Gasteiger partial charge in [-0.15, -0.1) is 0 Å². The smallest absolute Gasteiger partial charge is 0.0608 e. The van der Waals surface area contributed by atoms with Crippen molar-refractivity contribution in [2.45, 2.75) is 46.1 Å². The lowest BCUT2D eigenvalue weighted by Crippen LogP contribution is -2.35. The molecule has 1 aliphatic carbocycles. The number of nitrogens with zero attached hydrogens (tertiary/aromatic N) is 1. The van der Waals surface area contributed by atoms with Crippen molar-refractivity contribution in [1.82, 2.24) is 4.90 Å². The molecule has 0 aromatic carbocycles. The first-order chi connectivity index (χ1) is 7.50. The Hall–Kier alpha value is -0.0800. The molecule has 0 amide bonds. The van der Waals surface area contributed by atoms with Crippen LogP contribution in [-0.4, -0.2) is 38.3 Å². The van der Waals surface area contributed by atoms with E-state index in [1.807, 2.05) is 0 Å². The van der Waals surface area contributed by atoms with Gasteiger partial charge >= 0.3 is 0 Å². The van der Waals surface area contributed by atoms with Gasteiger partial charge in [-0.3, -0.25) is 0 Å². The molecule has 0 aromatic rings. The Labute approximate surface area is 101 Å². The van der Waals surface area contributed by atoms with Crippen LogP contribution in [0.4, 0.5) is 0 Å². The molecule has 1 fully saturated rings. The van der Waals surface area contributed by atoms with E-state index < -0.39 is 0 Å². The van der Waals surface area contributed by atoms with Crippen molar-refractivity contribution < 1.29 is 4.74 Å². The zero-order chi connectivity index (χ0) is 12.1. The van der Waals surface area contributed by atoms with Gasteiger partial charge in [0.15, 0.2) is 0 Å². The number of hydrogen-bond donors (Lipinski definition) is 0. The molecule has 1 saturated carbocycles. The molecule has 0 heterocycles. The van der Waals surface area contributed by atoms with E-state index in [1.54, 1.807) is 0 Å². The van der Waals surface area contributed by atoms with Crippen molar-refractivity contribution in [3.63, 3.8) is 0 Å². The summed E-state index contributed by atoms with van der Waals surface area (Å²) < 4.78 is 6.10. The molecular formula is C14H29NO. The van der Waals surface area contributed by atoms with Crippen molar-refractivity contribution in [2.75, 3.05) is 27.2 Å². The number of hydrogen-bond acceptors (Lipinski definition) is 2. The molecule has 0 aliphatic heterocycles. The first-order valence-electron chi connectivity index (χ1n) is 6.77. The van der Waals surface area contributed by atoms with Gasteiger partial charge in [0, 0.05) is 6.54 Å². The summed E-state index contributed by atoms with van der Waals surface area (Å²) in [5.41, 5.74) is 0. The van der Waals surface area contributed by atoms with Crippen LogP contribution in [0.5, 0.6) is 0 Å². The van der Waals surface area contributed by atoms with Crippen molar-refractivity contribution in [3.05, 3.63) is 0 Å². The van der Waals surface area contributed by atoms with Crippen LogP contribution < -0.4 is 0 Å². The summed E-state index contributed by atoms with van der Waals surface area (Å²) in [6, 6.07) is 0. The van der Waals surface area contributed by atoms with E-state index in [-0.39, 0.29) is 0 Å². The number of likely N-dealkylation sites (N-methyl/N-ethyl adjacent to an activating group) is 1. The van der Waals surface area contributed by atoms with Gasteiger partial charge in [-0.25, -0.2) is 0 Å². The summed E-state index contributed by atoms with van der Waals surface area (Å²) in [7, 11) is 4.21. The van der Waals surface area contributed by atoms with Gasteiger partial charge in [0.05, 0.1) is 12.7 Å². The molecule has 2 nitrogen and oxygen atoms in total. The highest BCUT2D eigenvalue weighted by molar-refractivity contribution is 4.81. The second-order valence-corrected chi connectivity index (χ2v) is 6.04. The Morgan fingerprint density at radius 3 is 2.50 bits per heavy atom. The fourth-order valence-electron chi connectivity index (χ4n) is 2.69. The van der Waals surface area contributed by atoms with Crippen LogP contribution in [0.1, 0.15) is 40.0 Å². The van der Waals surface area contributed by atoms with E-state index in [1.165, 1.54) is 19.3 Å². The second kappa shape index (κ2) is 6.61. The van der Waals surface area contributed by atoms with Gasteiger partial charge in [0.25, 0.3) is 0 Å². The molecule has 1 aliphatic rings. The average Bonchev–Trinajstić information content (AvgIpc) is 2.16. The summed E-state index contributed by atoms with van der Waals surface area (Å²) in [6.45, 7) is 8.95. The van der Waals surface area contributed by atoms with Crippen LogP contribution in [-0.2, 0) is 4.74 Å². The van der Waals surface area contributed by atoms with Crippen LogP contribution in [0.15, 0.2) is 0 Å². The number of rotatable bonds is 5. The maximum Gasteiger partial charge on any atom is 0.0608 e. The minimum absolute atomic E-state index is 0.503. The molecule has 0 bridgehead atoms. The maximum absolute atomic E-state index is 6.10. The standard InChI is InChI=1S/C14H29NO/c1-11(2)13-7-6-12(3)10-14(13)16-9-8-15(4)5/h11-14H,6-10H2,1-5H3. The van der Waals surface area contributed by atoms with Crippen molar-refractivity contribution in [1.29, 1.82) is 0 Å². The lowest BCUT2D eigenvalue weighted by atomic mass is 9.75. The fourth-order valence-corrected chi connectivity index (χ4v) is 2.69. The van der Waals surface area contributed by atoms with Gasteiger partial charge in [-0.1, -0.05) is 27.2 Å². The second-order valence-electron chi connectivity index (χ2n) is 6.04. The van der Waals surface area contributed by atoms with Gasteiger partial charge in [0.1, 0.15) is 0 Å². The maximum atomic E-state index is 6.10. The molecule has 0 aromatic heterocycles. The molecule has 3 unspecified atom stereocenters. The number of ether oxygens (including phenoxy) is 1. The highest BCUT2D eigenvalue weighted by atomic mass is 16.5. The third-order valence-electron chi connectivity index (χ3n) is 3.83. The molecule has 3 atom stereocenters. The summed E-state index contributed by atoms with van der Waals surface area (Å²) >= 11 is 0. The van der Waals surface area contributed by atoms with Gasteiger partial charge < -0.3 is 9.64 Å². The molecule has 0 N–H and O–H groups in total. The van der Waals surface area contributed by atoms with Crippen LogP contribution >= 0.6 is 0 Å². The molecule has 0 radical (unpaired) electrons. The van der Waals surface area contributed by atoms with Crippen LogP contribution in [0.2, 0.25) is 0 Å². The molecule has 2 heteroatoms. The Kier molecular flexibility index (Phi) is 5.77. The molecule has 0 saturated heterocycles. The third-order valence-corrected chi connectivity index (χ3v) is 3.83.